The summed E-state index contributed by atoms with van der Waals surface area (Å²) in [6.45, 7) is 1.47. The molecular formula is C16H23ClN2O4S. The molecule has 8 heteroatoms. The molecule has 1 aromatic carbocycles. The predicted molar refractivity (Wildman–Crippen MR) is 96.4 cm³/mol. The van der Waals surface area contributed by atoms with Gasteiger partial charge in [0.05, 0.1) is 24.1 Å². The maximum Gasteiger partial charge on any atom is 0.321 e. The van der Waals surface area contributed by atoms with E-state index in [9.17, 15) is 4.79 Å². The minimum Gasteiger partial charge on any atom is -0.493 e. The second-order valence-corrected chi connectivity index (χ2v) is 7.36. The van der Waals surface area contributed by atoms with Crippen molar-refractivity contribution in [1.29, 1.82) is 0 Å². The molecule has 2 atom stereocenters. The number of halogens is 1. The Labute approximate surface area is 151 Å². The number of carboxylic acid groups (broad SMARTS) is 1. The summed E-state index contributed by atoms with van der Waals surface area (Å²) in [5.41, 5.74) is 0.881. The lowest BCUT2D eigenvalue weighted by molar-refractivity contribution is -0.138. The second-order valence-electron chi connectivity index (χ2n) is 5.81. The van der Waals surface area contributed by atoms with Gasteiger partial charge < -0.3 is 19.5 Å². The summed E-state index contributed by atoms with van der Waals surface area (Å²) < 4.78 is 11.2. The van der Waals surface area contributed by atoms with Crippen molar-refractivity contribution in [2.45, 2.75) is 17.8 Å². The summed E-state index contributed by atoms with van der Waals surface area (Å²) in [7, 11) is 5.59. The van der Waals surface area contributed by atoms with Gasteiger partial charge in [-0.2, -0.15) is 0 Å². The average molecular weight is 375 g/mol. The van der Waals surface area contributed by atoms with E-state index in [2.05, 4.69) is 10.2 Å². The first-order valence-electron chi connectivity index (χ1n) is 7.67. The number of hydrogen-bond acceptors (Lipinski definition) is 6. The Kier molecular flexibility index (Phi) is 7.03. The van der Waals surface area contributed by atoms with Crippen LogP contribution in [0.5, 0.6) is 11.5 Å². The largest absolute Gasteiger partial charge is 0.493 e. The first-order chi connectivity index (χ1) is 11.4. The molecule has 0 radical (unpaired) electrons. The Bertz CT molecular complexity index is 585. The zero-order chi connectivity index (χ0) is 17.7. The number of rotatable bonds is 8. The van der Waals surface area contributed by atoms with Crippen LogP contribution >= 0.6 is 23.4 Å². The molecule has 0 spiro atoms. The number of carbonyl (C=O) groups is 1. The minimum atomic E-state index is -0.844. The van der Waals surface area contributed by atoms with Gasteiger partial charge in [0.25, 0.3) is 0 Å². The molecule has 1 aromatic rings. The molecule has 0 saturated carbocycles. The maximum atomic E-state index is 11.1. The third kappa shape index (κ3) is 4.92. The van der Waals surface area contributed by atoms with E-state index in [1.54, 1.807) is 13.2 Å². The highest BCUT2D eigenvalue weighted by atomic mass is 35.5. The topological polar surface area (TPSA) is 71.0 Å². The molecule has 1 aliphatic rings. The SMILES string of the molecule is COc1cc(C2NC(C(=O)O)CS2)cc(Cl)c1OCCCN(C)C. The van der Waals surface area contributed by atoms with Gasteiger partial charge in [0, 0.05) is 12.3 Å². The molecule has 0 amide bonds. The summed E-state index contributed by atoms with van der Waals surface area (Å²) in [5.74, 6) is 0.759. The molecule has 1 saturated heterocycles. The minimum absolute atomic E-state index is 0.125. The van der Waals surface area contributed by atoms with Gasteiger partial charge in [-0.15, -0.1) is 11.8 Å². The number of aliphatic carboxylic acids is 1. The standard InChI is InChI=1S/C16H23ClN2O4S/c1-19(2)5-4-6-23-14-11(17)7-10(8-13(14)22-3)15-18-12(9-24-15)16(20)21/h7-8,12,15,18H,4-6,9H2,1-3H3,(H,20,21). The highest BCUT2D eigenvalue weighted by Gasteiger charge is 2.31. The van der Waals surface area contributed by atoms with E-state index in [1.807, 2.05) is 20.2 Å². The van der Waals surface area contributed by atoms with Gasteiger partial charge in [-0.25, -0.2) is 0 Å². The first-order valence-corrected chi connectivity index (χ1v) is 9.10. The van der Waals surface area contributed by atoms with Crippen molar-refractivity contribution in [2.75, 3.05) is 40.1 Å². The molecule has 24 heavy (non-hydrogen) atoms. The molecule has 0 bridgehead atoms. The quantitative estimate of drug-likeness (QED) is 0.677. The lowest BCUT2D eigenvalue weighted by Crippen LogP contribution is -2.33. The van der Waals surface area contributed by atoms with E-state index in [1.165, 1.54) is 11.8 Å². The molecule has 0 aliphatic carbocycles. The summed E-state index contributed by atoms with van der Waals surface area (Å²) in [6, 6.07) is 3.11. The van der Waals surface area contributed by atoms with E-state index < -0.39 is 12.0 Å². The van der Waals surface area contributed by atoms with E-state index in [-0.39, 0.29) is 5.37 Å². The van der Waals surface area contributed by atoms with Crippen LogP contribution in [0.15, 0.2) is 12.1 Å². The molecule has 1 fully saturated rings. The van der Waals surface area contributed by atoms with E-state index in [0.717, 1.165) is 18.5 Å². The number of nitrogens with zero attached hydrogens (tertiary/aromatic N) is 1. The lowest BCUT2D eigenvalue weighted by atomic mass is 10.2. The zero-order valence-electron chi connectivity index (χ0n) is 14.0. The number of carboxylic acids is 1. The normalized spacial score (nSPS) is 20.4. The van der Waals surface area contributed by atoms with Crippen molar-refractivity contribution in [3.8, 4) is 11.5 Å². The van der Waals surface area contributed by atoms with E-state index in [4.69, 9.17) is 26.2 Å². The molecule has 0 aromatic heterocycles. The number of benzene rings is 1. The smallest absolute Gasteiger partial charge is 0.321 e. The molecule has 134 valence electrons. The van der Waals surface area contributed by atoms with Gasteiger partial charge in [-0.1, -0.05) is 11.6 Å². The predicted octanol–water partition coefficient (Wildman–Crippen LogP) is 2.47. The fourth-order valence-corrected chi connectivity index (χ4v) is 3.88. The Balaban J connectivity index is 2.08. The summed E-state index contributed by atoms with van der Waals surface area (Å²) in [5, 5.41) is 12.5. The monoisotopic (exact) mass is 374 g/mol. The fourth-order valence-electron chi connectivity index (χ4n) is 2.39. The first kappa shape index (κ1) is 19.2. The Morgan fingerprint density at radius 1 is 1.50 bits per heavy atom. The van der Waals surface area contributed by atoms with Crippen LogP contribution in [0.4, 0.5) is 0 Å². The molecule has 2 rings (SSSR count). The van der Waals surface area contributed by atoms with Crippen LogP contribution in [0, 0.1) is 0 Å². The Morgan fingerprint density at radius 3 is 2.83 bits per heavy atom. The fraction of sp³-hybridized carbons (Fsp3) is 0.562. The lowest BCUT2D eigenvalue weighted by Gasteiger charge is -2.17. The van der Waals surface area contributed by atoms with Crippen LogP contribution in [0.3, 0.4) is 0 Å². The number of methoxy groups -OCH3 is 1. The van der Waals surface area contributed by atoms with Gasteiger partial charge in [-0.05, 0) is 38.2 Å². The number of thioether (sulfide) groups is 1. The van der Waals surface area contributed by atoms with Crippen LogP contribution < -0.4 is 14.8 Å². The molecule has 6 nitrogen and oxygen atoms in total. The number of nitrogens with one attached hydrogen (secondary N) is 1. The molecule has 2 unspecified atom stereocenters. The Morgan fingerprint density at radius 2 is 2.25 bits per heavy atom. The zero-order valence-corrected chi connectivity index (χ0v) is 15.6. The maximum absolute atomic E-state index is 11.1. The van der Waals surface area contributed by atoms with Gasteiger partial charge in [0.2, 0.25) is 0 Å². The van der Waals surface area contributed by atoms with Crippen molar-refractivity contribution >= 4 is 29.3 Å². The van der Waals surface area contributed by atoms with Crippen molar-refractivity contribution in [3.05, 3.63) is 22.7 Å². The van der Waals surface area contributed by atoms with Crippen LogP contribution in [0.1, 0.15) is 17.4 Å². The van der Waals surface area contributed by atoms with Gasteiger partial charge in [0.1, 0.15) is 6.04 Å². The summed E-state index contributed by atoms with van der Waals surface area (Å²) >= 11 is 7.90. The number of hydrogen-bond donors (Lipinski definition) is 2. The summed E-state index contributed by atoms with van der Waals surface area (Å²) in [6.07, 6.45) is 0.883. The molecule has 1 heterocycles. The van der Waals surface area contributed by atoms with Crippen LogP contribution in [-0.4, -0.2) is 62.1 Å². The van der Waals surface area contributed by atoms with Gasteiger partial charge >= 0.3 is 5.97 Å². The third-order valence-corrected chi connectivity index (χ3v) is 5.18. The highest BCUT2D eigenvalue weighted by Crippen LogP contribution is 2.41. The Hall–Kier alpha value is -1.15. The molecule has 2 N–H and O–H groups in total. The number of ether oxygens (including phenoxy) is 2. The van der Waals surface area contributed by atoms with Crippen molar-refractivity contribution in [3.63, 3.8) is 0 Å². The van der Waals surface area contributed by atoms with Crippen LogP contribution in [0.2, 0.25) is 5.02 Å². The van der Waals surface area contributed by atoms with Crippen molar-refractivity contribution in [2.24, 2.45) is 0 Å². The van der Waals surface area contributed by atoms with Crippen LogP contribution in [-0.2, 0) is 4.79 Å². The van der Waals surface area contributed by atoms with Crippen LogP contribution in [0.25, 0.3) is 0 Å². The molecule has 1 aliphatic heterocycles. The highest BCUT2D eigenvalue weighted by molar-refractivity contribution is 7.99. The van der Waals surface area contributed by atoms with Gasteiger partial charge in [-0.3, -0.25) is 10.1 Å². The van der Waals surface area contributed by atoms with E-state index in [0.29, 0.717) is 28.9 Å². The van der Waals surface area contributed by atoms with Crippen molar-refractivity contribution in [1.82, 2.24) is 10.2 Å². The molecular weight excluding hydrogens is 352 g/mol. The summed E-state index contributed by atoms with van der Waals surface area (Å²) in [4.78, 5) is 13.2. The third-order valence-electron chi connectivity index (χ3n) is 3.63. The van der Waals surface area contributed by atoms with E-state index >= 15 is 0 Å². The average Bonchev–Trinajstić information content (AvgIpc) is 3.02. The van der Waals surface area contributed by atoms with Gasteiger partial charge in [0.15, 0.2) is 11.5 Å². The van der Waals surface area contributed by atoms with Crippen molar-refractivity contribution < 1.29 is 19.4 Å². The second kappa shape index (κ2) is 8.80.